The molecular weight excluding hydrogens is 427 g/mol. The third kappa shape index (κ3) is 3.96. The van der Waals surface area contributed by atoms with Gasteiger partial charge in [-0.1, -0.05) is 19.2 Å². The zero-order valence-corrected chi connectivity index (χ0v) is 19.5. The summed E-state index contributed by atoms with van der Waals surface area (Å²) >= 11 is 0. The molecule has 0 N–H and O–H groups in total. The van der Waals surface area contributed by atoms with Crippen LogP contribution in [0.4, 0.5) is 0 Å². The van der Waals surface area contributed by atoms with Crippen molar-refractivity contribution < 1.29 is 4.74 Å². The average Bonchev–Trinajstić information content (AvgIpc) is 2.83. The highest BCUT2D eigenvalue weighted by Crippen LogP contribution is 2.39. The lowest BCUT2D eigenvalue weighted by molar-refractivity contribution is 0.418. The van der Waals surface area contributed by atoms with E-state index in [4.69, 9.17) is 14.7 Å². The summed E-state index contributed by atoms with van der Waals surface area (Å²) in [5.74, 6) is 1.45. The summed E-state index contributed by atoms with van der Waals surface area (Å²) < 4.78 is 5.36. The molecule has 0 saturated carbocycles. The minimum absolute atomic E-state index is 0.617. The Kier molecular flexibility index (Phi) is 5.57. The Hall–Kier alpha value is -3.69. The largest absolute Gasteiger partial charge is 0.496 e. The smallest absolute Gasteiger partial charge is 0.155 e. The predicted octanol–water partition coefficient (Wildman–Crippen LogP) is 4.93. The highest BCUT2D eigenvalue weighted by molar-refractivity contribution is 7.27. The summed E-state index contributed by atoms with van der Waals surface area (Å²) in [7, 11) is 4.38. The average molecular weight is 450 g/mol. The van der Waals surface area contributed by atoms with E-state index in [-0.39, 0.29) is 0 Å². The Morgan fingerprint density at radius 3 is 2.73 bits per heavy atom. The summed E-state index contributed by atoms with van der Waals surface area (Å²) in [5, 5.41) is 1.01. The quantitative estimate of drug-likeness (QED) is 0.413. The second-order valence-electron chi connectivity index (χ2n) is 8.03. The van der Waals surface area contributed by atoms with Gasteiger partial charge in [-0.2, -0.15) is 0 Å². The van der Waals surface area contributed by atoms with Gasteiger partial charge in [0, 0.05) is 54.1 Å². The molecule has 3 aromatic heterocycles. The fraction of sp³-hybridized carbons (Fsp3) is 0.111. The van der Waals surface area contributed by atoms with Crippen molar-refractivity contribution in [2.45, 2.75) is 12.8 Å². The second-order valence-corrected chi connectivity index (χ2v) is 8.65. The molecule has 3 heterocycles. The van der Waals surface area contributed by atoms with Crippen LogP contribution in [-0.4, -0.2) is 27.0 Å². The van der Waals surface area contributed by atoms with E-state index in [0.29, 0.717) is 18.7 Å². The maximum Gasteiger partial charge on any atom is 0.155 e. The van der Waals surface area contributed by atoms with Gasteiger partial charge < -0.3 is 4.74 Å². The topological polar surface area (TPSA) is 60.8 Å². The first-order valence-electron chi connectivity index (χ1n) is 10.6. The van der Waals surface area contributed by atoms with E-state index in [1.807, 2.05) is 42.7 Å². The summed E-state index contributed by atoms with van der Waals surface area (Å²) in [6.07, 6.45) is 8.68. The van der Waals surface area contributed by atoms with Crippen LogP contribution in [0.1, 0.15) is 22.6 Å². The van der Waals surface area contributed by atoms with E-state index in [9.17, 15) is 0 Å². The Balaban J connectivity index is 1.61. The number of nitrogens with zero attached hydrogens (tertiary/aromatic N) is 4. The summed E-state index contributed by atoms with van der Waals surface area (Å²) in [6, 6.07) is 12.1. The maximum atomic E-state index is 5.36. The first-order valence-corrected chi connectivity index (χ1v) is 11.2. The number of allylic oxidation sites excluding steroid dienone is 2. The molecule has 1 aromatic carbocycles. The number of pyridine rings is 2. The number of aromatic nitrogens is 4. The molecule has 1 unspecified atom stereocenters. The van der Waals surface area contributed by atoms with Gasteiger partial charge in [0.2, 0.25) is 0 Å². The number of hydrogen-bond acceptors (Lipinski definition) is 5. The van der Waals surface area contributed by atoms with Crippen LogP contribution in [0.15, 0.2) is 74.3 Å². The molecule has 1 aliphatic rings. The van der Waals surface area contributed by atoms with Crippen LogP contribution in [0, 0.1) is 0 Å². The third-order valence-electron chi connectivity index (χ3n) is 5.81. The monoisotopic (exact) mass is 450 g/mol. The van der Waals surface area contributed by atoms with Crippen molar-refractivity contribution in [3.8, 4) is 28.1 Å². The molecule has 1 atom stereocenters. The minimum atomic E-state index is 0.617. The number of ether oxygens (including phenoxy) is 1. The molecule has 33 heavy (non-hydrogen) atoms. The van der Waals surface area contributed by atoms with Gasteiger partial charge in [-0.25, -0.2) is 9.97 Å². The van der Waals surface area contributed by atoms with E-state index in [0.717, 1.165) is 61.4 Å². The van der Waals surface area contributed by atoms with Gasteiger partial charge in [0.25, 0.3) is 0 Å². The molecule has 5 nitrogen and oxygen atoms in total. The van der Waals surface area contributed by atoms with Crippen molar-refractivity contribution >= 4 is 25.7 Å². The molecule has 0 amide bonds. The highest BCUT2D eigenvalue weighted by atomic mass is 31.0. The van der Waals surface area contributed by atoms with E-state index in [1.165, 1.54) is 0 Å². The van der Waals surface area contributed by atoms with Crippen LogP contribution >= 0.6 is 9.24 Å². The van der Waals surface area contributed by atoms with Crippen molar-refractivity contribution in [1.82, 2.24) is 19.9 Å². The van der Waals surface area contributed by atoms with Gasteiger partial charge in [-0.05, 0) is 58.2 Å². The van der Waals surface area contributed by atoms with Crippen molar-refractivity contribution in [3.05, 3.63) is 97.0 Å². The maximum absolute atomic E-state index is 5.36. The van der Waals surface area contributed by atoms with Gasteiger partial charge in [-0.3, -0.25) is 9.97 Å². The summed E-state index contributed by atoms with van der Waals surface area (Å²) in [6.45, 7) is 8.59. The van der Waals surface area contributed by atoms with Gasteiger partial charge in [-0.15, -0.1) is 9.24 Å². The standard InChI is InChI=1S/C27H23N4OP/c1-16-12-19-14-28-10-8-20(19)22-15-30-27(31-26(22)21-5-4-9-29-25(16)21)17(2)11-18-6-7-23(32-3)24(33)13-18/h4-10,13-15H,1-2,11-12,33H2,3H3. The minimum Gasteiger partial charge on any atom is -0.496 e. The molecule has 0 fully saturated rings. The van der Waals surface area contributed by atoms with Crippen LogP contribution < -0.4 is 10.0 Å². The Bertz CT molecular complexity index is 1410. The van der Waals surface area contributed by atoms with Gasteiger partial charge in [0.1, 0.15) is 5.75 Å². The lowest BCUT2D eigenvalue weighted by Crippen LogP contribution is -2.07. The Morgan fingerprint density at radius 1 is 1.03 bits per heavy atom. The van der Waals surface area contributed by atoms with E-state index in [2.05, 4.69) is 38.4 Å². The van der Waals surface area contributed by atoms with Gasteiger partial charge in [0.05, 0.1) is 18.5 Å². The Labute approximate surface area is 195 Å². The van der Waals surface area contributed by atoms with Crippen molar-refractivity contribution in [1.29, 1.82) is 0 Å². The van der Waals surface area contributed by atoms with Crippen LogP contribution in [0.25, 0.3) is 33.5 Å². The van der Waals surface area contributed by atoms with Crippen LogP contribution in [0.2, 0.25) is 0 Å². The van der Waals surface area contributed by atoms with Crippen LogP contribution in [0.3, 0.4) is 0 Å². The molecule has 0 saturated heterocycles. The molecule has 4 aromatic rings. The number of fused-ring (bicyclic) bond motifs is 5. The number of methoxy groups -OCH3 is 1. The fourth-order valence-electron chi connectivity index (χ4n) is 4.20. The molecule has 5 rings (SSSR count). The van der Waals surface area contributed by atoms with Crippen molar-refractivity contribution in [2.75, 3.05) is 7.11 Å². The zero-order chi connectivity index (χ0) is 22.9. The van der Waals surface area contributed by atoms with E-state index < -0.39 is 0 Å². The van der Waals surface area contributed by atoms with Gasteiger partial charge in [0.15, 0.2) is 5.82 Å². The number of rotatable bonds is 4. The fourth-order valence-corrected chi connectivity index (χ4v) is 4.62. The molecule has 0 radical (unpaired) electrons. The van der Waals surface area contributed by atoms with Crippen LogP contribution in [-0.2, 0) is 12.8 Å². The predicted molar refractivity (Wildman–Crippen MR) is 136 cm³/mol. The molecule has 0 aliphatic heterocycles. The summed E-state index contributed by atoms with van der Waals surface area (Å²) in [4.78, 5) is 18.6. The molecule has 6 heteroatoms. The van der Waals surface area contributed by atoms with E-state index >= 15 is 0 Å². The second kappa shape index (κ2) is 8.68. The molecule has 0 spiro atoms. The molecule has 0 bridgehead atoms. The number of hydrogen-bond donors (Lipinski definition) is 0. The molecule has 1 aliphatic carbocycles. The van der Waals surface area contributed by atoms with E-state index in [1.54, 1.807) is 19.5 Å². The van der Waals surface area contributed by atoms with Crippen LogP contribution in [0.5, 0.6) is 5.75 Å². The SMILES string of the molecule is C=C(Cc1ccc(OC)c(P)c1)c1ncc2c(n1)-c1cccnc1C(=C)Cc1cnccc1-2. The molecule has 162 valence electrons. The van der Waals surface area contributed by atoms with Crippen molar-refractivity contribution in [2.24, 2.45) is 0 Å². The normalized spacial score (nSPS) is 12.1. The highest BCUT2D eigenvalue weighted by Gasteiger charge is 2.22. The summed E-state index contributed by atoms with van der Waals surface area (Å²) in [5.41, 5.74) is 8.65. The first kappa shape index (κ1) is 21.2. The molecular formula is C27H23N4OP. The lowest BCUT2D eigenvalue weighted by atomic mass is 9.88. The van der Waals surface area contributed by atoms with Crippen molar-refractivity contribution in [3.63, 3.8) is 0 Å². The Morgan fingerprint density at radius 2 is 1.91 bits per heavy atom. The lowest BCUT2D eigenvalue weighted by Gasteiger charge is -2.20. The zero-order valence-electron chi connectivity index (χ0n) is 18.4. The third-order valence-corrected chi connectivity index (χ3v) is 6.26. The number of benzene rings is 1. The van der Waals surface area contributed by atoms with Gasteiger partial charge >= 0.3 is 0 Å². The first-order chi connectivity index (χ1) is 16.0.